The van der Waals surface area contributed by atoms with E-state index < -0.39 is 0 Å². The number of hydrogen-bond acceptors (Lipinski definition) is 3. The van der Waals surface area contributed by atoms with E-state index in [1.54, 1.807) is 18.4 Å². The minimum Gasteiger partial charge on any atom is -0.352 e. The Balaban J connectivity index is 0.00000225. The first-order valence-electron chi connectivity index (χ1n) is 7.83. The van der Waals surface area contributed by atoms with E-state index in [2.05, 4.69) is 56.1 Å². The molecule has 0 amide bonds. The summed E-state index contributed by atoms with van der Waals surface area (Å²) in [7, 11) is 1.77. The lowest BCUT2D eigenvalue weighted by atomic mass is 10.2. The number of benzene rings is 1. The summed E-state index contributed by atoms with van der Waals surface area (Å²) in [5.74, 6) is 1.64. The zero-order chi connectivity index (χ0) is 16.8. The van der Waals surface area contributed by atoms with Gasteiger partial charge < -0.3 is 15.6 Å². The largest absolute Gasteiger partial charge is 0.352 e. The highest BCUT2D eigenvalue weighted by Crippen LogP contribution is 2.16. The smallest absolute Gasteiger partial charge is 0.191 e. The molecule has 0 saturated heterocycles. The van der Waals surface area contributed by atoms with Gasteiger partial charge in [0.1, 0.15) is 5.82 Å². The Morgan fingerprint density at radius 3 is 2.60 bits per heavy atom. The molecule has 132 valence electrons. The number of nitrogens with zero attached hydrogens (tertiary/aromatic N) is 2. The Kier molecular flexibility index (Phi) is 7.45. The number of nitrogens with one attached hydrogen (secondary N) is 3. The van der Waals surface area contributed by atoms with Crippen molar-refractivity contribution in [1.82, 2.24) is 20.6 Å². The molecular formula is C18H22IN5S. The quantitative estimate of drug-likeness (QED) is 0.303. The first-order chi connectivity index (χ1) is 11.8. The molecule has 25 heavy (non-hydrogen) atoms. The third kappa shape index (κ3) is 5.30. The fraction of sp³-hybridized carbons (Fsp3) is 0.222. The summed E-state index contributed by atoms with van der Waals surface area (Å²) in [6.45, 7) is 3.49. The van der Waals surface area contributed by atoms with Crippen molar-refractivity contribution in [3.8, 4) is 11.3 Å². The summed E-state index contributed by atoms with van der Waals surface area (Å²) in [6, 6.07) is 12.3. The van der Waals surface area contributed by atoms with Crippen molar-refractivity contribution >= 4 is 41.3 Å². The molecule has 3 aromatic rings. The molecule has 2 aromatic heterocycles. The molecular weight excluding hydrogens is 445 g/mol. The molecule has 0 unspecified atom stereocenters. The second-order valence-corrected chi connectivity index (χ2v) is 6.42. The standard InChI is InChI=1S/C18H21N5S.HI/c1-13-8-9-24-16(13)11-21-18(19-2)22-12-17-20-10-15(23-17)14-6-4-3-5-7-14;/h3-10H,11-12H2,1-2H3,(H,20,23)(H2,19,21,22);1H. The summed E-state index contributed by atoms with van der Waals surface area (Å²) in [5, 5.41) is 8.72. The molecule has 0 aliphatic heterocycles. The summed E-state index contributed by atoms with van der Waals surface area (Å²) in [6.07, 6.45) is 1.86. The summed E-state index contributed by atoms with van der Waals surface area (Å²) in [4.78, 5) is 13.3. The maximum Gasteiger partial charge on any atom is 0.191 e. The van der Waals surface area contributed by atoms with Gasteiger partial charge in [-0.25, -0.2) is 4.98 Å². The van der Waals surface area contributed by atoms with Gasteiger partial charge in [0.15, 0.2) is 5.96 Å². The molecule has 0 fully saturated rings. The number of guanidine groups is 1. The second-order valence-electron chi connectivity index (χ2n) is 5.42. The highest BCUT2D eigenvalue weighted by atomic mass is 127. The molecule has 5 nitrogen and oxygen atoms in total. The minimum absolute atomic E-state index is 0. The molecule has 0 aliphatic rings. The first kappa shape index (κ1) is 19.5. The SMILES string of the molecule is CN=C(NCc1ncc(-c2ccccc2)[nH]1)NCc1sccc1C.I. The predicted octanol–water partition coefficient (Wildman–Crippen LogP) is 3.93. The third-order valence-electron chi connectivity index (χ3n) is 3.74. The van der Waals surface area contributed by atoms with Crippen LogP contribution in [0, 0.1) is 6.92 Å². The van der Waals surface area contributed by atoms with Crippen LogP contribution in [0.1, 0.15) is 16.3 Å². The number of hydrogen-bond donors (Lipinski definition) is 3. The second kappa shape index (κ2) is 9.57. The molecule has 3 N–H and O–H groups in total. The van der Waals surface area contributed by atoms with Crippen molar-refractivity contribution in [2.45, 2.75) is 20.0 Å². The first-order valence-corrected chi connectivity index (χ1v) is 8.71. The normalized spacial score (nSPS) is 11.0. The molecule has 7 heteroatoms. The van der Waals surface area contributed by atoms with E-state index in [1.807, 2.05) is 24.4 Å². The topological polar surface area (TPSA) is 65.1 Å². The van der Waals surface area contributed by atoms with E-state index in [-0.39, 0.29) is 24.0 Å². The minimum atomic E-state index is 0. The van der Waals surface area contributed by atoms with Gasteiger partial charge in [0.2, 0.25) is 0 Å². The van der Waals surface area contributed by atoms with Crippen LogP contribution in [0.4, 0.5) is 0 Å². The van der Waals surface area contributed by atoms with E-state index in [9.17, 15) is 0 Å². The van der Waals surface area contributed by atoms with Crippen LogP contribution in [0.15, 0.2) is 53.0 Å². The van der Waals surface area contributed by atoms with Crippen molar-refractivity contribution in [2.75, 3.05) is 7.05 Å². The van der Waals surface area contributed by atoms with Gasteiger partial charge >= 0.3 is 0 Å². The predicted molar refractivity (Wildman–Crippen MR) is 116 cm³/mol. The van der Waals surface area contributed by atoms with Crippen molar-refractivity contribution in [3.63, 3.8) is 0 Å². The van der Waals surface area contributed by atoms with Crippen molar-refractivity contribution in [3.05, 3.63) is 64.2 Å². The maximum absolute atomic E-state index is 4.42. The fourth-order valence-corrected chi connectivity index (χ4v) is 3.20. The van der Waals surface area contributed by atoms with Gasteiger partial charge in [0.25, 0.3) is 0 Å². The van der Waals surface area contributed by atoms with Crippen LogP contribution in [0.3, 0.4) is 0 Å². The highest BCUT2D eigenvalue weighted by molar-refractivity contribution is 14.0. The van der Waals surface area contributed by atoms with Crippen molar-refractivity contribution < 1.29 is 0 Å². The van der Waals surface area contributed by atoms with E-state index >= 15 is 0 Å². The van der Waals surface area contributed by atoms with Crippen LogP contribution in [0.5, 0.6) is 0 Å². The molecule has 0 saturated carbocycles. The van der Waals surface area contributed by atoms with E-state index in [0.29, 0.717) is 6.54 Å². The molecule has 0 atom stereocenters. The Bertz CT molecular complexity index is 810. The van der Waals surface area contributed by atoms with Crippen molar-refractivity contribution in [1.29, 1.82) is 0 Å². The Hall–Kier alpha value is -1.87. The molecule has 0 radical (unpaired) electrons. The number of aromatic nitrogens is 2. The molecule has 0 bridgehead atoms. The average Bonchev–Trinajstić information content (AvgIpc) is 3.25. The zero-order valence-electron chi connectivity index (χ0n) is 14.2. The number of thiophene rings is 1. The van der Waals surface area contributed by atoms with Gasteiger partial charge in [0.05, 0.1) is 25.0 Å². The monoisotopic (exact) mass is 467 g/mol. The number of imidazole rings is 1. The summed E-state index contributed by atoms with van der Waals surface area (Å²) < 4.78 is 0. The van der Waals surface area contributed by atoms with Gasteiger partial charge in [-0.15, -0.1) is 35.3 Å². The van der Waals surface area contributed by atoms with Crippen LogP contribution in [-0.4, -0.2) is 23.0 Å². The Morgan fingerprint density at radius 1 is 1.16 bits per heavy atom. The Morgan fingerprint density at radius 2 is 1.92 bits per heavy atom. The molecule has 0 spiro atoms. The number of aryl methyl sites for hydroxylation is 1. The molecule has 3 rings (SSSR count). The number of aromatic amines is 1. The number of halogens is 1. The van der Waals surface area contributed by atoms with Crippen LogP contribution in [-0.2, 0) is 13.1 Å². The maximum atomic E-state index is 4.42. The van der Waals surface area contributed by atoms with Gasteiger partial charge in [-0.2, -0.15) is 0 Å². The van der Waals surface area contributed by atoms with Crippen LogP contribution < -0.4 is 10.6 Å². The van der Waals surface area contributed by atoms with Gasteiger partial charge in [-0.3, -0.25) is 4.99 Å². The number of H-pyrrole nitrogens is 1. The lowest BCUT2D eigenvalue weighted by Gasteiger charge is -2.10. The van der Waals surface area contributed by atoms with Crippen LogP contribution in [0.2, 0.25) is 0 Å². The van der Waals surface area contributed by atoms with Crippen LogP contribution in [0.25, 0.3) is 11.3 Å². The average molecular weight is 467 g/mol. The van der Waals surface area contributed by atoms with Crippen LogP contribution >= 0.6 is 35.3 Å². The van der Waals surface area contributed by atoms with Gasteiger partial charge in [-0.1, -0.05) is 30.3 Å². The lowest BCUT2D eigenvalue weighted by molar-refractivity contribution is 0.785. The Labute approximate surface area is 169 Å². The summed E-state index contributed by atoms with van der Waals surface area (Å²) in [5.41, 5.74) is 3.46. The lowest BCUT2D eigenvalue weighted by Crippen LogP contribution is -2.36. The number of rotatable bonds is 5. The fourth-order valence-electron chi connectivity index (χ4n) is 2.35. The molecule has 1 aromatic carbocycles. The highest BCUT2D eigenvalue weighted by Gasteiger charge is 2.05. The third-order valence-corrected chi connectivity index (χ3v) is 4.77. The van der Waals surface area contributed by atoms with E-state index in [1.165, 1.54) is 10.4 Å². The molecule has 0 aliphatic carbocycles. The number of aliphatic imine (C=N–C) groups is 1. The van der Waals surface area contributed by atoms with E-state index in [0.717, 1.165) is 29.6 Å². The summed E-state index contributed by atoms with van der Waals surface area (Å²) >= 11 is 1.75. The van der Waals surface area contributed by atoms with Gasteiger partial charge in [0, 0.05) is 11.9 Å². The zero-order valence-corrected chi connectivity index (χ0v) is 17.4. The van der Waals surface area contributed by atoms with Crippen molar-refractivity contribution in [2.24, 2.45) is 4.99 Å². The van der Waals surface area contributed by atoms with E-state index in [4.69, 9.17) is 0 Å². The van der Waals surface area contributed by atoms with Gasteiger partial charge in [-0.05, 0) is 29.5 Å². The molecule has 2 heterocycles.